The summed E-state index contributed by atoms with van der Waals surface area (Å²) in [4.78, 5) is 14.3. The van der Waals surface area contributed by atoms with E-state index in [0.717, 1.165) is 15.7 Å². The van der Waals surface area contributed by atoms with Crippen LogP contribution < -0.4 is 10.3 Å². The third kappa shape index (κ3) is 3.68. The molecule has 0 saturated heterocycles. The van der Waals surface area contributed by atoms with Crippen LogP contribution in [0, 0.1) is 0 Å². The summed E-state index contributed by atoms with van der Waals surface area (Å²) in [6, 6.07) is 9.49. The maximum absolute atomic E-state index is 11.7. The molecule has 1 aromatic heterocycles. The Bertz CT molecular complexity index is 623. The molecular weight excluding hydrogens is 338 g/mol. The predicted octanol–water partition coefficient (Wildman–Crippen LogP) is 3.34. The van der Waals surface area contributed by atoms with Crippen molar-refractivity contribution in [2.24, 2.45) is 5.10 Å². The highest BCUT2D eigenvalue weighted by atomic mass is 79.9. The molecule has 1 aromatic carbocycles. The number of nitrogens with zero attached hydrogens (tertiary/aromatic N) is 2. The molecule has 2 aromatic rings. The standard InChI is InChI=1S/C14H14BrN3OS/c1-18(2)12-6-5-10(8-11(12)15)9-16-17-14(19)13-4-3-7-20-13/h3-9H,1-2H3,(H,17,19)/b16-9+. The highest BCUT2D eigenvalue weighted by Crippen LogP contribution is 2.25. The quantitative estimate of drug-likeness (QED) is 0.678. The number of carbonyl (C=O) groups is 1. The van der Waals surface area contributed by atoms with Crippen LogP contribution in [0.3, 0.4) is 0 Å². The van der Waals surface area contributed by atoms with Crippen LogP contribution in [0.2, 0.25) is 0 Å². The number of nitrogens with one attached hydrogen (secondary N) is 1. The van der Waals surface area contributed by atoms with Crippen molar-refractivity contribution in [2.75, 3.05) is 19.0 Å². The molecule has 0 atom stereocenters. The van der Waals surface area contributed by atoms with Crippen LogP contribution in [0.4, 0.5) is 5.69 Å². The molecule has 4 nitrogen and oxygen atoms in total. The number of carbonyl (C=O) groups excluding carboxylic acids is 1. The summed E-state index contributed by atoms with van der Waals surface area (Å²) in [6.07, 6.45) is 1.62. The second-order valence-corrected chi connectivity index (χ2v) is 6.08. The molecule has 0 unspecified atom stereocenters. The largest absolute Gasteiger partial charge is 0.377 e. The zero-order valence-electron chi connectivity index (χ0n) is 11.1. The number of halogens is 1. The van der Waals surface area contributed by atoms with Crippen molar-refractivity contribution in [3.63, 3.8) is 0 Å². The normalized spacial score (nSPS) is 10.8. The van der Waals surface area contributed by atoms with E-state index in [1.54, 1.807) is 12.3 Å². The van der Waals surface area contributed by atoms with Crippen LogP contribution in [0.1, 0.15) is 15.2 Å². The first-order valence-electron chi connectivity index (χ1n) is 5.91. The summed E-state index contributed by atoms with van der Waals surface area (Å²) in [5.41, 5.74) is 4.50. The molecule has 0 fully saturated rings. The topological polar surface area (TPSA) is 44.7 Å². The van der Waals surface area contributed by atoms with Crippen molar-refractivity contribution in [2.45, 2.75) is 0 Å². The van der Waals surface area contributed by atoms with Gasteiger partial charge in [0.05, 0.1) is 16.8 Å². The van der Waals surface area contributed by atoms with Crippen molar-refractivity contribution >= 4 is 45.1 Å². The van der Waals surface area contributed by atoms with Crippen LogP contribution in [-0.4, -0.2) is 26.2 Å². The van der Waals surface area contributed by atoms with Crippen LogP contribution >= 0.6 is 27.3 Å². The number of anilines is 1. The maximum atomic E-state index is 11.7. The molecule has 104 valence electrons. The summed E-state index contributed by atoms with van der Waals surface area (Å²) < 4.78 is 0.982. The molecule has 20 heavy (non-hydrogen) atoms. The summed E-state index contributed by atoms with van der Waals surface area (Å²) in [5, 5.41) is 5.82. The van der Waals surface area contributed by atoms with Gasteiger partial charge in [-0.1, -0.05) is 12.1 Å². The zero-order valence-corrected chi connectivity index (χ0v) is 13.5. The van der Waals surface area contributed by atoms with Gasteiger partial charge in [0.25, 0.3) is 5.91 Å². The van der Waals surface area contributed by atoms with Crippen molar-refractivity contribution in [1.82, 2.24) is 5.43 Å². The van der Waals surface area contributed by atoms with E-state index in [2.05, 4.69) is 26.5 Å². The van der Waals surface area contributed by atoms with Gasteiger partial charge in [0.2, 0.25) is 0 Å². The second-order valence-electron chi connectivity index (χ2n) is 4.28. The fourth-order valence-corrected chi connectivity index (χ4v) is 2.96. The number of thiophene rings is 1. The molecule has 2 rings (SSSR count). The Kier molecular flexibility index (Phi) is 4.92. The van der Waals surface area contributed by atoms with Crippen molar-refractivity contribution in [3.8, 4) is 0 Å². The molecule has 6 heteroatoms. The number of hydrogen-bond acceptors (Lipinski definition) is 4. The Balaban J connectivity index is 2.01. The molecule has 0 saturated carbocycles. The van der Waals surface area contributed by atoms with E-state index in [9.17, 15) is 4.79 Å². The van der Waals surface area contributed by atoms with Crippen LogP contribution in [-0.2, 0) is 0 Å². The van der Waals surface area contributed by atoms with Gasteiger partial charge in [0, 0.05) is 18.6 Å². The minimum absolute atomic E-state index is 0.194. The minimum atomic E-state index is -0.194. The van der Waals surface area contributed by atoms with Crippen molar-refractivity contribution in [1.29, 1.82) is 0 Å². The van der Waals surface area contributed by atoms with E-state index in [-0.39, 0.29) is 5.91 Å². The zero-order chi connectivity index (χ0) is 14.5. The van der Waals surface area contributed by atoms with E-state index < -0.39 is 0 Å². The molecule has 1 heterocycles. The van der Waals surface area contributed by atoms with Gasteiger partial charge in [0.15, 0.2) is 0 Å². The summed E-state index contributed by atoms with van der Waals surface area (Å²) >= 11 is 4.90. The van der Waals surface area contributed by atoms with Gasteiger partial charge in [-0.3, -0.25) is 4.79 Å². The fraction of sp³-hybridized carbons (Fsp3) is 0.143. The lowest BCUT2D eigenvalue weighted by Gasteiger charge is -2.14. The Morgan fingerprint density at radius 1 is 1.40 bits per heavy atom. The minimum Gasteiger partial charge on any atom is -0.377 e. The molecule has 0 bridgehead atoms. The number of hydrogen-bond donors (Lipinski definition) is 1. The van der Waals surface area contributed by atoms with Gasteiger partial charge in [-0.25, -0.2) is 5.43 Å². The highest BCUT2D eigenvalue weighted by molar-refractivity contribution is 9.10. The molecular formula is C14H14BrN3OS. The fourth-order valence-electron chi connectivity index (χ4n) is 1.59. The average molecular weight is 352 g/mol. The van der Waals surface area contributed by atoms with Crippen LogP contribution in [0.5, 0.6) is 0 Å². The average Bonchev–Trinajstić information content (AvgIpc) is 2.92. The number of benzene rings is 1. The summed E-state index contributed by atoms with van der Waals surface area (Å²) in [5.74, 6) is -0.194. The van der Waals surface area contributed by atoms with Gasteiger partial charge in [-0.2, -0.15) is 5.10 Å². The number of amides is 1. The summed E-state index contributed by atoms with van der Waals surface area (Å²) in [6.45, 7) is 0. The first-order valence-corrected chi connectivity index (χ1v) is 7.59. The number of hydrazone groups is 1. The van der Waals surface area contributed by atoms with Gasteiger partial charge in [-0.05, 0) is 45.1 Å². The maximum Gasteiger partial charge on any atom is 0.281 e. The Hall–Kier alpha value is -1.66. The Morgan fingerprint density at radius 3 is 2.80 bits per heavy atom. The van der Waals surface area contributed by atoms with Gasteiger partial charge >= 0.3 is 0 Å². The van der Waals surface area contributed by atoms with Crippen molar-refractivity contribution < 1.29 is 4.79 Å². The van der Waals surface area contributed by atoms with E-state index in [4.69, 9.17) is 0 Å². The van der Waals surface area contributed by atoms with E-state index >= 15 is 0 Å². The molecule has 1 amide bonds. The Morgan fingerprint density at radius 2 is 2.20 bits per heavy atom. The lowest BCUT2D eigenvalue weighted by atomic mass is 10.2. The van der Waals surface area contributed by atoms with Gasteiger partial charge in [0.1, 0.15) is 0 Å². The number of rotatable bonds is 4. The second kappa shape index (κ2) is 6.67. The molecule has 0 aliphatic rings. The molecule has 0 aliphatic carbocycles. The predicted molar refractivity (Wildman–Crippen MR) is 87.8 cm³/mol. The van der Waals surface area contributed by atoms with Crippen molar-refractivity contribution in [3.05, 3.63) is 50.6 Å². The molecule has 0 aliphatic heterocycles. The smallest absolute Gasteiger partial charge is 0.281 e. The lowest BCUT2D eigenvalue weighted by molar-refractivity contribution is 0.0959. The Labute approximate surface area is 130 Å². The van der Waals surface area contributed by atoms with Crippen LogP contribution in [0.25, 0.3) is 0 Å². The van der Waals surface area contributed by atoms with Gasteiger partial charge in [-0.15, -0.1) is 11.3 Å². The molecule has 0 radical (unpaired) electrons. The van der Waals surface area contributed by atoms with E-state index in [1.807, 2.05) is 48.6 Å². The van der Waals surface area contributed by atoms with E-state index in [1.165, 1.54) is 11.3 Å². The van der Waals surface area contributed by atoms with Crippen LogP contribution in [0.15, 0.2) is 45.3 Å². The third-order valence-corrected chi connectivity index (χ3v) is 4.08. The third-order valence-electron chi connectivity index (χ3n) is 2.58. The first-order chi connectivity index (χ1) is 9.58. The molecule has 0 spiro atoms. The molecule has 1 N–H and O–H groups in total. The summed E-state index contributed by atoms with van der Waals surface area (Å²) in [7, 11) is 3.96. The lowest BCUT2D eigenvalue weighted by Crippen LogP contribution is -2.16. The first kappa shape index (κ1) is 14.7. The van der Waals surface area contributed by atoms with E-state index in [0.29, 0.717) is 4.88 Å². The van der Waals surface area contributed by atoms with Gasteiger partial charge < -0.3 is 4.90 Å². The highest BCUT2D eigenvalue weighted by Gasteiger charge is 2.04. The SMILES string of the molecule is CN(C)c1ccc(/C=N/NC(=O)c2cccs2)cc1Br. The monoisotopic (exact) mass is 351 g/mol.